The van der Waals surface area contributed by atoms with Crippen molar-refractivity contribution in [2.45, 2.75) is 19.3 Å². The standard InChI is InChI=1S/C21H19N5O4/c1-12-5-6-14(28-2)9-17(12)26-11-13(8-19(26)27)20-22-21(30-25-20)16-10-15(23-24-16)18-4-3-7-29-18/h3-7,9-10,13H,8,11H2,1-2H3,(H,23,24). The molecule has 0 bridgehead atoms. The molecule has 0 radical (unpaired) electrons. The van der Waals surface area contributed by atoms with Gasteiger partial charge >= 0.3 is 0 Å². The predicted molar refractivity (Wildman–Crippen MR) is 107 cm³/mol. The van der Waals surface area contributed by atoms with Gasteiger partial charge in [0.2, 0.25) is 5.91 Å². The van der Waals surface area contributed by atoms with Gasteiger partial charge in [0.05, 0.1) is 19.1 Å². The lowest BCUT2D eigenvalue weighted by Crippen LogP contribution is -2.25. The zero-order chi connectivity index (χ0) is 20.7. The molecule has 1 unspecified atom stereocenters. The van der Waals surface area contributed by atoms with Crippen LogP contribution in [-0.4, -0.2) is 39.9 Å². The Morgan fingerprint density at radius 2 is 2.17 bits per heavy atom. The second kappa shape index (κ2) is 7.18. The Bertz CT molecular complexity index is 1190. The number of aryl methyl sites for hydroxylation is 1. The number of hydrogen-bond donors (Lipinski definition) is 1. The topological polar surface area (TPSA) is 110 Å². The summed E-state index contributed by atoms with van der Waals surface area (Å²) in [5.41, 5.74) is 3.07. The molecule has 0 spiro atoms. The molecule has 30 heavy (non-hydrogen) atoms. The number of amides is 1. The fourth-order valence-corrected chi connectivity index (χ4v) is 3.61. The van der Waals surface area contributed by atoms with E-state index in [4.69, 9.17) is 13.7 Å². The van der Waals surface area contributed by atoms with E-state index in [0.717, 1.165) is 11.3 Å². The number of nitrogens with one attached hydrogen (secondary N) is 1. The maximum atomic E-state index is 12.7. The van der Waals surface area contributed by atoms with Crippen molar-refractivity contribution in [3.8, 4) is 28.8 Å². The number of carbonyl (C=O) groups is 1. The van der Waals surface area contributed by atoms with Crippen molar-refractivity contribution in [1.82, 2.24) is 20.3 Å². The van der Waals surface area contributed by atoms with Gasteiger partial charge in [-0.2, -0.15) is 10.1 Å². The van der Waals surface area contributed by atoms with E-state index in [0.29, 0.717) is 47.6 Å². The lowest BCUT2D eigenvalue weighted by Gasteiger charge is -2.19. The van der Waals surface area contributed by atoms with E-state index in [1.165, 1.54) is 0 Å². The van der Waals surface area contributed by atoms with Gasteiger partial charge in [0.1, 0.15) is 17.1 Å². The molecule has 1 aliphatic rings. The van der Waals surface area contributed by atoms with Crippen LogP contribution in [0, 0.1) is 6.92 Å². The molecule has 5 rings (SSSR count). The molecule has 0 aliphatic carbocycles. The third-order valence-corrected chi connectivity index (χ3v) is 5.22. The summed E-state index contributed by atoms with van der Waals surface area (Å²) in [6.45, 7) is 2.45. The Balaban J connectivity index is 1.37. The fraction of sp³-hybridized carbons (Fsp3) is 0.238. The van der Waals surface area contributed by atoms with E-state index in [1.807, 2.05) is 31.2 Å². The van der Waals surface area contributed by atoms with Crippen molar-refractivity contribution in [2.75, 3.05) is 18.6 Å². The number of aromatic amines is 1. The van der Waals surface area contributed by atoms with Gasteiger partial charge in [-0.15, -0.1) is 0 Å². The summed E-state index contributed by atoms with van der Waals surface area (Å²) in [6, 6.07) is 11.1. The van der Waals surface area contributed by atoms with Crippen LogP contribution in [0.5, 0.6) is 5.75 Å². The van der Waals surface area contributed by atoms with E-state index in [9.17, 15) is 4.79 Å². The molecule has 1 aromatic carbocycles. The second-order valence-electron chi connectivity index (χ2n) is 7.16. The molecule has 0 saturated carbocycles. The molecule has 9 nitrogen and oxygen atoms in total. The Labute approximate surface area is 171 Å². The summed E-state index contributed by atoms with van der Waals surface area (Å²) in [6.07, 6.45) is 1.90. The van der Waals surface area contributed by atoms with E-state index < -0.39 is 0 Å². The molecule has 1 fully saturated rings. The molecule has 1 saturated heterocycles. The Hall–Kier alpha value is -3.88. The van der Waals surface area contributed by atoms with Crippen LogP contribution in [0.15, 0.2) is 51.6 Å². The predicted octanol–water partition coefficient (Wildman–Crippen LogP) is 3.56. The number of aromatic nitrogens is 4. The number of ether oxygens (including phenoxy) is 1. The molecule has 152 valence electrons. The van der Waals surface area contributed by atoms with Gasteiger partial charge < -0.3 is 18.6 Å². The minimum Gasteiger partial charge on any atom is -0.497 e. The first-order chi connectivity index (χ1) is 14.6. The third-order valence-electron chi connectivity index (χ3n) is 5.22. The van der Waals surface area contributed by atoms with Crippen LogP contribution < -0.4 is 9.64 Å². The maximum Gasteiger partial charge on any atom is 0.275 e. The molecular formula is C21H19N5O4. The normalized spacial score (nSPS) is 16.4. The number of anilines is 1. The average Bonchev–Trinajstić information content (AvgIpc) is 3.53. The van der Waals surface area contributed by atoms with Crippen LogP contribution in [0.2, 0.25) is 0 Å². The lowest BCUT2D eigenvalue weighted by atomic mass is 10.1. The zero-order valence-electron chi connectivity index (χ0n) is 16.5. The number of H-pyrrole nitrogens is 1. The van der Waals surface area contributed by atoms with Gasteiger partial charge in [0, 0.05) is 31.0 Å². The first kappa shape index (κ1) is 18.2. The largest absolute Gasteiger partial charge is 0.497 e. The zero-order valence-corrected chi connectivity index (χ0v) is 16.5. The minimum absolute atomic E-state index is 0.0179. The number of hydrogen-bond acceptors (Lipinski definition) is 7. The molecule has 4 heterocycles. The second-order valence-corrected chi connectivity index (χ2v) is 7.16. The fourth-order valence-electron chi connectivity index (χ4n) is 3.61. The highest BCUT2D eigenvalue weighted by atomic mass is 16.5. The first-order valence-electron chi connectivity index (χ1n) is 9.50. The quantitative estimate of drug-likeness (QED) is 0.540. The van der Waals surface area contributed by atoms with Crippen molar-refractivity contribution < 1.29 is 18.5 Å². The van der Waals surface area contributed by atoms with E-state index in [-0.39, 0.29) is 11.8 Å². The van der Waals surface area contributed by atoms with Gasteiger partial charge in [-0.05, 0) is 30.7 Å². The average molecular weight is 405 g/mol. The molecule has 1 atom stereocenters. The summed E-state index contributed by atoms with van der Waals surface area (Å²) in [7, 11) is 1.61. The van der Waals surface area contributed by atoms with Crippen molar-refractivity contribution in [3.63, 3.8) is 0 Å². The van der Waals surface area contributed by atoms with Gasteiger partial charge in [0.25, 0.3) is 5.89 Å². The molecule has 1 N–H and O–H groups in total. The van der Waals surface area contributed by atoms with Crippen LogP contribution in [0.1, 0.15) is 23.7 Å². The molecule has 1 amide bonds. The van der Waals surface area contributed by atoms with Crippen molar-refractivity contribution >= 4 is 11.6 Å². The molecular weight excluding hydrogens is 386 g/mol. The highest BCUT2D eigenvalue weighted by molar-refractivity contribution is 5.97. The number of furan rings is 1. The highest BCUT2D eigenvalue weighted by Gasteiger charge is 2.35. The summed E-state index contributed by atoms with van der Waals surface area (Å²) in [4.78, 5) is 18.9. The van der Waals surface area contributed by atoms with E-state index >= 15 is 0 Å². The lowest BCUT2D eigenvalue weighted by molar-refractivity contribution is -0.117. The van der Waals surface area contributed by atoms with E-state index in [1.54, 1.807) is 30.4 Å². The van der Waals surface area contributed by atoms with Crippen LogP contribution in [0.3, 0.4) is 0 Å². The number of benzene rings is 1. The Kier molecular flexibility index (Phi) is 4.35. The Morgan fingerprint density at radius 1 is 1.27 bits per heavy atom. The maximum absolute atomic E-state index is 12.7. The number of rotatable bonds is 5. The Morgan fingerprint density at radius 3 is 2.97 bits per heavy atom. The van der Waals surface area contributed by atoms with Crippen LogP contribution in [-0.2, 0) is 4.79 Å². The number of methoxy groups -OCH3 is 1. The first-order valence-corrected chi connectivity index (χ1v) is 9.50. The van der Waals surface area contributed by atoms with Crippen molar-refractivity contribution in [3.05, 3.63) is 54.0 Å². The summed E-state index contributed by atoms with van der Waals surface area (Å²) in [5.74, 6) is 2.02. The van der Waals surface area contributed by atoms with Crippen molar-refractivity contribution in [2.24, 2.45) is 0 Å². The molecule has 3 aromatic heterocycles. The van der Waals surface area contributed by atoms with Gasteiger partial charge in [-0.1, -0.05) is 11.2 Å². The number of nitrogens with zero attached hydrogens (tertiary/aromatic N) is 4. The monoisotopic (exact) mass is 405 g/mol. The smallest absolute Gasteiger partial charge is 0.275 e. The third kappa shape index (κ3) is 3.14. The van der Waals surface area contributed by atoms with Gasteiger partial charge in [-0.25, -0.2) is 0 Å². The summed E-state index contributed by atoms with van der Waals surface area (Å²) in [5, 5.41) is 11.2. The molecule has 4 aromatic rings. The van der Waals surface area contributed by atoms with Gasteiger partial charge in [0.15, 0.2) is 11.6 Å². The summed E-state index contributed by atoms with van der Waals surface area (Å²) < 4.78 is 16.1. The number of carbonyl (C=O) groups excluding carboxylic acids is 1. The summed E-state index contributed by atoms with van der Waals surface area (Å²) >= 11 is 0. The van der Waals surface area contributed by atoms with Crippen LogP contribution in [0.4, 0.5) is 5.69 Å². The van der Waals surface area contributed by atoms with E-state index in [2.05, 4.69) is 20.3 Å². The highest BCUT2D eigenvalue weighted by Crippen LogP contribution is 2.34. The molecule has 1 aliphatic heterocycles. The van der Waals surface area contributed by atoms with Crippen molar-refractivity contribution in [1.29, 1.82) is 0 Å². The van der Waals surface area contributed by atoms with Crippen LogP contribution >= 0.6 is 0 Å². The van der Waals surface area contributed by atoms with Crippen LogP contribution in [0.25, 0.3) is 23.0 Å². The minimum atomic E-state index is -0.159. The van der Waals surface area contributed by atoms with Gasteiger partial charge in [-0.3, -0.25) is 9.89 Å². The SMILES string of the molecule is COc1ccc(C)c(N2CC(c3noc(-c4cc(-c5ccco5)n[nH]4)n3)CC2=O)c1. The molecule has 9 heteroatoms.